The molecule has 0 saturated heterocycles. The van der Waals surface area contributed by atoms with Gasteiger partial charge in [0, 0.05) is 35.9 Å². The third-order valence-electron chi connectivity index (χ3n) is 3.26. The zero-order chi connectivity index (χ0) is 16.4. The summed E-state index contributed by atoms with van der Waals surface area (Å²) in [6.45, 7) is 0. The van der Waals surface area contributed by atoms with Crippen molar-refractivity contribution in [3.63, 3.8) is 0 Å². The van der Waals surface area contributed by atoms with Gasteiger partial charge in [-0.05, 0) is 24.3 Å². The third kappa shape index (κ3) is 3.11. The summed E-state index contributed by atoms with van der Waals surface area (Å²) < 4.78 is 1.43. The molecule has 0 saturated carbocycles. The lowest BCUT2D eigenvalue weighted by atomic mass is 10.2. The van der Waals surface area contributed by atoms with Gasteiger partial charge in [0.15, 0.2) is 0 Å². The molecule has 116 valence electrons. The number of nitrogens with one attached hydrogen (secondary N) is 1. The zero-order valence-corrected chi connectivity index (χ0v) is 12.9. The number of thiazole rings is 1. The van der Waals surface area contributed by atoms with Crippen LogP contribution < -0.4 is 5.32 Å². The van der Waals surface area contributed by atoms with E-state index >= 15 is 0 Å². The van der Waals surface area contributed by atoms with Crippen molar-refractivity contribution in [2.24, 2.45) is 7.05 Å². The lowest BCUT2D eigenvalue weighted by molar-refractivity contribution is -0.384. The maximum absolute atomic E-state index is 12.2. The predicted octanol–water partition coefficient (Wildman–Crippen LogP) is 3.31. The second-order valence-corrected chi connectivity index (χ2v) is 5.71. The van der Waals surface area contributed by atoms with Gasteiger partial charge >= 0.3 is 0 Å². The van der Waals surface area contributed by atoms with Gasteiger partial charge < -0.3 is 9.88 Å². The minimum absolute atomic E-state index is 0.114. The minimum Gasteiger partial charge on any atom is -0.340 e. The number of benzene rings is 1. The van der Waals surface area contributed by atoms with Gasteiger partial charge in [0.25, 0.3) is 11.6 Å². The van der Waals surface area contributed by atoms with Crippen LogP contribution in [-0.2, 0) is 7.05 Å². The molecule has 0 bridgehead atoms. The highest BCUT2D eigenvalue weighted by molar-refractivity contribution is 7.13. The Balaban J connectivity index is 1.76. The normalized spacial score (nSPS) is 10.5. The van der Waals surface area contributed by atoms with Crippen molar-refractivity contribution in [3.8, 4) is 10.6 Å². The molecule has 0 radical (unpaired) electrons. The molecule has 0 aliphatic rings. The largest absolute Gasteiger partial charge is 0.340 e. The van der Waals surface area contributed by atoms with Gasteiger partial charge in [-0.25, -0.2) is 4.98 Å². The van der Waals surface area contributed by atoms with Crippen molar-refractivity contribution >= 4 is 28.6 Å². The van der Waals surface area contributed by atoms with Crippen LogP contribution in [-0.4, -0.2) is 20.4 Å². The van der Waals surface area contributed by atoms with Crippen LogP contribution in [0.1, 0.15) is 10.5 Å². The fourth-order valence-electron chi connectivity index (χ4n) is 2.13. The molecule has 8 heteroatoms. The average molecular weight is 328 g/mol. The molecule has 3 aromatic rings. The molecule has 1 aromatic carbocycles. The van der Waals surface area contributed by atoms with E-state index in [1.165, 1.54) is 28.2 Å². The van der Waals surface area contributed by atoms with Gasteiger partial charge in [-0.1, -0.05) is 0 Å². The molecule has 1 amide bonds. The number of nitrogens with zero attached hydrogens (tertiary/aromatic N) is 3. The molecule has 0 fully saturated rings. The van der Waals surface area contributed by atoms with Gasteiger partial charge in [-0.2, -0.15) is 0 Å². The Morgan fingerprint density at radius 1 is 1.35 bits per heavy atom. The zero-order valence-electron chi connectivity index (χ0n) is 12.1. The number of aromatic nitrogens is 2. The van der Waals surface area contributed by atoms with Crippen LogP contribution in [0.2, 0.25) is 0 Å². The first-order valence-corrected chi connectivity index (χ1v) is 7.54. The number of carbonyl (C=O) groups excluding carboxylic acids is 1. The molecule has 23 heavy (non-hydrogen) atoms. The number of nitro groups is 1. The first-order valence-electron chi connectivity index (χ1n) is 6.66. The summed E-state index contributed by atoms with van der Waals surface area (Å²) in [4.78, 5) is 26.7. The molecule has 7 nitrogen and oxygen atoms in total. The van der Waals surface area contributed by atoms with Crippen molar-refractivity contribution in [1.29, 1.82) is 0 Å². The van der Waals surface area contributed by atoms with E-state index in [4.69, 9.17) is 0 Å². The van der Waals surface area contributed by atoms with Crippen LogP contribution in [0.25, 0.3) is 10.6 Å². The van der Waals surface area contributed by atoms with Gasteiger partial charge in [0.1, 0.15) is 10.7 Å². The average Bonchev–Trinajstić information content (AvgIpc) is 3.17. The van der Waals surface area contributed by atoms with E-state index < -0.39 is 10.8 Å². The van der Waals surface area contributed by atoms with Crippen LogP contribution in [0.3, 0.4) is 0 Å². The van der Waals surface area contributed by atoms with Crippen molar-refractivity contribution in [2.75, 3.05) is 5.32 Å². The molecule has 0 atom stereocenters. The van der Waals surface area contributed by atoms with Crippen molar-refractivity contribution in [3.05, 3.63) is 63.9 Å². The van der Waals surface area contributed by atoms with E-state index in [1.54, 1.807) is 25.4 Å². The summed E-state index contributed by atoms with van der Waals surface area (Å²) in [7, 11) is 1.59. The molecule has 3 rings (SSSR count). The number of carbonyl (C=O) groups is 1. The highest BCUT2D eigenvalue weighted by Crippen LogP contribution is 2.23. The van der Waals surface area contributed by atoms with E-state index in [0.29, 0.717) is 5.69 Å². The highest BCUT2D eigenvalue weighted by atomic mass is 32.1. The molecular formula is C15H12N4O3S. The third-order valence-corrected chi connectivity index (χ3v) is 4.08. The van der Waals surface area contributed by atoms with Crippen molar-refractivity contribution in [1.82, 2.24) is 9.55 Å². The summed E-state index contributed by atoms with van der Waals surface area (Å²) in [6, 6.07) is 8.51. The molecular weight excluding hydrogens is 316 g/mol. The first kappa shape index (κ1) is 14.9. The number of hydrogen-bond donors (Lipinski definition) is 1. The Labute approximate surface area is 135 Å². The van der Waals surface area contributed by atoms with Crippen molar-refractivity contribution < 1.29 is 9.72 Å². The molecule has 2 aromatic heterocycles. The van der Waals surface area contributed by atoms with Crippen LogP contribution in [0.4, 0.5) is 11.4 Å². The lowest BCUT2D eigenvalue weighted by Gasteiger charge is -2.06. The van der Waals surface area contributed by atoms with Gasteiger partial charge in [-0.15, -0.1) is 11.3 Å². The first-order chi connectivity index (χ1) is 11.0. The smallest absolute Gasteiger partial charge is 0.287 e. The number of amides is 1. The maximum atomic E-state index is 12.2. The van der Waals surface area contributed by atoms with E-state index in [-0.39, 0.29) is 11.4 Å². The summed E-state index contributed by atoms with van der Waals surface area (Å²) in [5.74, 6) is -0.400. The number of rotatable bonds is 4. The predicted molar refractivity (Wildman–Crippen MR) is 87.6 cm³/mol. The standard InChI is InChI=1S/C15H12N4O3S/c1-18-9-12(19(21)22)8-13(18)14(20)17-11-4-2-10(3-5-11)15-16-6-7-23-15/h2-9H,1H3,(H,17,20). The minimum atomic E-state index is -0.528. The second kappa shape index (κ2) is 6.01. The maximum Gasteiger partial charge on any atom is 0.287 e. The Morgan fingerprint density at radius 3 is 2.65 bits per heavy atom. The summed E-state index contributed by atoms with van der Waals surface area (Å²) in [6.07, 6.45) is 3.04. The van der Waals surface area contributed by atoms with E-state index in [1.807, 2.05) is 17.5 Å². The summed E-state index contributed by atoms with van der Waals surface area (Å²) in [5.41, 5.74) is 1.68. The Bertz CT molecular complexity index is 853. The summed E-state index contributed by atoms with van der Waals surface area (Å²) >= 11 is 1.53. The Hall–Kier alpha value is -3.00. The van der Waals surface area contributed by atoms with Crippen LogP contribution >= 0.6 is 11.3 Å². The van der Waals surface area contributed by atoms with Crippen LogP contribution in [0.15, 0.2) is 48.1 Å². The van der Waals surface area contributed by atoms with Crippen LogP contribution in [0.5, 0.6) is 0 Å². The fraction of sp³-hybridized carbons (Fsp3) is 0.0667. The molecule has 2 heterocycles. The highest BCUT2D eigenvalue weighted by Gasteiger charge is 2.17. The van der Waals surface area contributed by atoms with Gasteiger partial charge in [-0.3, -0.25) is 14.9 Å². The van der Waals surface area contributed by atoms with Gasteiger partial charge in [0.2, 0.25) is 0 Å². The topological polar surface area (TPSA) is 90.1 Å². The van der Waals surface area contributed by atoms with E-state index in [2.05, 4.69) is 10.3 Å². The van der Waals surface area contributed by atoms with Gasteiger partial charge in [0.05, 0.1) is 11.1 Å². The van der Waals surface area contributed by atoms with Crippen LogP contribution in [0, 0.1) is 10.1 Å². The van der Waals surface area contributed by atoms with E-state index in [0.717, 1.165) is 10.6 Å². The quantitative estimate of drug-likeness (QED) is 0.587. The summed E-state index contributed by atoms with van der Waals surface area (Å²) in [5, 5.41) is 16.3. The molecule has 1 N–H and O–H groups in total. The Kier molecular flexibility index (Phi) is 3.90. The molecule has 0 unspecified atom stereocenters. The molecule has 0 spiro atoms. The molecule has 0 aliphatic carbocycles. The number of anilines is 1. The number of hydrogen-bond acceptors (Lipinski definition) is 5. The lowest BCUT2D eigenvalue weighted by Crippen LogP contribution is -2.15. The second-order valence-electron chi connectivity index (χ2n) is 4.82. The van der Waals surface area contributed by atoms with E-state index in [9.17, 15) is 14.9 Å². The van der Waals surface area contributed by atoms with Crippen molar-refractivity contribution in [2.45, 2.75) is 0 Å². The SMILES string of the molecule is Cn1cc([N+](=O)[O-])cc1C(=O)Nc1ccc(-c2nccs2)cc1. The Morgan fingerprint density at radius 2 is 2.09 bits per heavy atom. The fourth-order valence-corrected chi connectivity index (χ4v) is 2.77. The number of aryl methyl sites for hydroxylation is 1. The monoisotopic (exact) mass is 328 g/mol. The molecule has 0 aliphatic heterocycles.